The summed E-state index contributed by atoms with van der Waals surface area (Å²) in [6.45, 7) is -1.50. The summed E-state index contributed by atoms with van der Waals surface area (Å²) in [5.41, 5.74) is 0. The van der Waals surface area contributed by atoms with Crippen LogP contribution in [0.5, 0.6) is 0 Å². The molecule has 0 bridgehead atoms. The van der Waals surface area contributed by atoms with Crippen LogP contribution < -0.4 is 0 Å². The summed E-state index contributed by atoms with van der Waals surface area (Å²) >= 11 is 0. The number of aliphatic hydroxyl groups is 8. The van der Waals surface area contributed by atoms with Gasteiger partial charge in [0.05, 0.1) is 19.8 Å². The third-order valence-corrected chi connectivity index (χ3v) is 5.03. The fourth-order valence-electron chi connectivity index (χ4n) is 3.32. The standard InChI is InChI=1S/C15H26O13/c16-1-4-7(18)11(22)14(26-4)28-12-9(20)5(2-17)27-15(12)24-3-6-8(19)10(21)13(23)25-6/h4-23H,1-3H2. The lowest BCUT2D eigenvalue weighted by Crippen LogP contribution is -2.44. The molecular formula is C15H26O13. The van der Waals surface area contributed by atoms with E-state index in [4.69, 9.17) is 28.8 Å². The average Bonchev–Trinajstić information content (AvgIpc) is 3.23. The second-order valence-electron chi connectivity index (χ2n) is 6.90. The van der Waals surface area contributed by atoms with Crippen LogP contribution in [0.15, 0.2) is 0 Å². The molecule has 8 N–H and O–H groups in total. The normalized spacial score (nSPS) is 51.9. The first kappa shape index (κ1) is 22.2. The van der Waals surface area contributed by atoms with Crippen LogP contribution in [0.25, 0.3) is 0 Å². The lowest BCUT2D eigenvalue weighted by Gasteiger charge is -2.26. The first-order chi connectivity index (χ1) is 13.3. The topological polar surface area (TPSA) is 208 Å². The van der Waals surface area contributed by atoms with Gasteiger partial charge in [0.2, 0.25) is 0 Å². The molecule has 13 heteroatoms. The van der Waals surface area contributed by atoms with Crippen molar-refractivity contribution in [1.29, 1.82) is 0 Å². The highest BCUT2D eigenvalue weighted by molar-refractivity contribution is 4.92. The van der Waals surface area contributed by atoms with Crippen molar-refractivity contribution in [1.82, 2.24) is 0 Å². The Bertz CT molecular complexity index is 508. The molecule has 164 valence electrons. The Morgan fingerprint density at radius 2 is 1.18 bits per heavy atom. The van der Waals surface area contributed by atoms with Gasteiger partial charge in [-0.1, -0.05) is 0 Å². The van der Waals surface area contributed by atoms with Crippen LogP contribution in [0, 0.1) is 0 Å². The molecule has 0 spiro atoms. The van der Waals surface area contributed by atoms with Crippen molar-refractivity contribution < 1.29 is 64.5 Å². The first-order valence-electron chi connectivity index (χ1n) is 8.82. The molecule has 3 aliphatic rings. The van der Waals surface area contributed by atoms with Gasteiger partial charge < -0.3 is 64.5 Å². The Kier molecular flexibility index (Phi) is 7.20. The van der Waals surface area contributed by atoms with Gasteiger partial charge in [0, 0.05) is 0 Å². The van der Waals surface area contributed by atoms with E-state index >= 15 is 0 Å². The number of aliphatic hydroxyl groups excluding tert-OH is 8. The highest BCUT2D eigenvalue weighted by atomic mass is 16.8. The molecule has 3 rings (SSSR count). The summed E-state index contributed by atoms with van der Waals surface area (Å²) in [4.78, 5) is 0. The maximum atomic E-state index is 10.3. The third kappa shape index (κ3) is 4.17. The maximum absolute atomic E-state index is 10.3. The van der Waals surface area contributed by atoms with Crippen molar-refractivity contribution in [3.8, 4) is 0 Å². The van der Waals surface area contributed by atoms with E-state index in [1.165, 1.54) is 0 Å². The molecular weight excluding hydrogens is 388 g/mol. The predicted molar refractivity (Wildman–Crippen MR) is 83.2 cm³/mol. The minimum absolute atomic E-state index is 0.360. The van der Waals surface area contributed by atoms with Gasteiger partial charge >= 0.3 is 0 Å². The van der Waals surface area contributed by atoms with Gasteiger partial charge in [-0.3, -0.25) is 0 Å². The summed E-state index contributed by atoms with van der Waals surface area (Å²) in [7, 11) is 0. The zero-order valence-corrected chi connectivity index (χ0v) is 14.7. The van der Waals surface area contributed by atoms with Crippen LogP contribution in [-0.4, -0.2) is 134 Å². The van der Waals surface area contributed by atoms with Gasteiger partial charge in [-0.25, -0.2) is 0 Å². The molecule has 3 fully saturated rings. The van der Waals surface area contributed by atoms with E-state index in [0.717, 1.165) is 0 Å². The van der Waals surface area contributed by atoms with Crippen molar-refractivity contribution in [3.05, 3.63) is 0 Å². The molecule has 13 nitrogen and oxygen atoms in total. The molecule has 0 aromatic rings. The fraction of sp³-hybridized carbons (Fsp3) is 1.00. The van der Waals surface area contributed by atoms with Crippen molar-refractivity contribution >= 4 is 0 Å². The smallest absolute Gasteiger partial charge is 0.187 e. The number of hydrogen-bond acceptors (Lipinski definition) is 13. The third-order valence-electron chi connectivity index (χ3n) is 5.03. The minimum atomic E-state index is -1.59. The van der Waals surface area contributed by atoms with Gasteiger partial charge in [-0.15, -0.1) is 0 Å². The van der Waals surface area contributed by atoms with E-state index in [-0.39, 0.29) is 6.61 Å². The highest BCUT2D eigenvalue weighted by Crippen LogP contribution is 2.31. The second kappa shape index (κ2) is 9.09. The van der Waals surface area contributed by atoms with Crippen molar-refractivity contribution in [2.75, 3.05) is 19.8 Å². The second-order valence-corrected chi connectivity index (χ2v) is 6.90. The Hall–Kier alpha value is -0.520. The fourth-order valence-corrected chi connectivity index (χ4v) is 3.32. The number of ether oxygens (including phenoxy) is 5. The largest absolute Gasteiger partial charge is 0.394 e. The Balaban J connectivity index is 1.62. The molecule has 0 aliphatic carbocycles. The van der Waals surface area contributed by atoms with Crippen molar-refractivity contribution in [2.45, 2.75) is 73.8 Å². The summed E-state index contributed by atoms with van der Waals surface area (Å²) in [6.07, 6.45) is -16.1. The van der Waals surface area contributed by atoms with Gasteiger partial charge in [0.1, 0.15) is 54.9 Å². The Labute approximate surface area is 159 Å². The van der Waals surface area contributed by atoms with E-state index in [1.54, 1.807) is 0 Å². The summed E-state index contributed by atoms with van der Waals surface area (Å²) in [5, 5.41) is 77.2. The Morgan fingerprint density at radius 1 is 0.607 bits per heavy atom. The summed E-state index contributed by atoms with van der Waals surface area (Å²) in [5.74, 6) is 0. The molecule has 0 aromatic carbocycles. The van der Waals surface area contributed by atoms with E-state index in [2.05, 4.69) is 0 Å². The lowest BCUT2D eigenvalue weighted by atomic mass is 10.1. The molecule has 3 aliphatic heterocycles. The molecule has 12 atom stereocenters. The maximum Gasteiger partial charge on any atom is 0.187 e. The average molecular weight is 414 g/mol. The molecule has 0 radical (unpaired) electrons. The van der Waals surface area contributed by atoms with E-state index < -0.39 is 87.0 Å². The first-order valence-corrected chi connectivity index (χ1v) is 8.82. The monoisotopic (exact) mass is 414 g/mol. The van der Waals surface area contributed by atoms with Crippen LogP contribution in [0.3, 0.4) is 0 Å². The lowest BCUT2D eigenvalue weighted by molar-refractivity contribution is -0.253. The molecule has 0 saturated carbocycles. The van der Waals surface area contributed by atoms with E-state index in [1.807, 2.05) is 0 Å². The van der Waals surface area contributed by atoms with Crippen LogP contribution in [0.4, 0.5) is 0 Å². The van der Waals surface area contributed by atoms with Gasteiger partial charge in [0.15, 0.2) is 18.9 Å². The van der Waals surface area contributed by atoms with Gasteiger partial charge in [-0.2, -0.15) is 0 Å². The molecule has 0 amide bonds. The molecule has 0 aromatic heterocycles. The van der Waals surface area contributed by atoms with Crippen LogP contribution in [0.2, 0.25) is 0 Å². The quantitative estimate of drug-likeness (QED) is 0.196. The Morgan fingerprint density at radius 3 is 1.71 bits per heavy atom. The van der Waals surface area contributed by atoms with Gasteiger partial charge in [0.25, 0.3) is 0 Å². The molecule has 28 heavy (non-hydrogen) atoms. The SMILES string of the molecule is OCC1OC(OC2C(OCC3OC(O)C(O)C3O)OC(CO)C2O)C(O)C1O. The summed E-state index contributed by atoms with van der Waals surface area (Å²) in [6, 6.07) is 0. The highest BCUT2D eigenvalue weighted by Gasteiger charge is 2.51. The predicted octanol–water partition coefficient (Wildman–Crippen LogP) is -5.66. The molecule has 3 saturated heterocycles. The van der Waals surface area contributed by atoms with Crippen LogP contribution in [0.1, 0.15) is 0 Å². The van der Waals surface area contributed by atoms with Crippen LogP contribution in [-0.2, 0) is 23.7 Å². The minimum Gasteiger partial charge on any atom is -0.394 e. The molecule has 3 heterocycles. The zero-order valence-electron chi connectivity index (χ0n) is 14.7. The van der Waals surface area contributed by atoms with E-state index in [9.17, 15) is 35.7 Å². The number of hydrogen-bond donors (Lipinski definition) is 8. The number of rotatable bonds is 7. The molecule has 12 unspecified atom stereocenters. The van der Waals surface area contributed by atoms with Crippen molar-refractivity contribution in [2.24, 2.45) is 0 Å². The van der Waals surface area contributed by atoms with E-state index in [0.29, 0.717) is 0 Å². The zero-order chi connectivity index (χ0) is 20.6. The van der Waals surface area contributed by atoms with Crippen LogP contribution >= 0.6 is 0 Å². The summed E-state index contributed by atoms with van der Waals surface area (Å²) < 4.78 is 26.4. The van der Waals surface area contributed by atoms with Crippen molar-refractivity contribution in [3.63, 3.8) is 0 Å². The van der Waals surface area contributed by atoms with Gasteiger partial charge in [-0.05, 0) is 0 Å².